The fraction of sp³-hybridized carbons (Fsp3) is 0.214. The number of methoxy groups -OCH3 is 1. The number of rotatable bonds is 3. The minimum atomic E-state index is 0.0625. The first-order valence-electron chi connectivity index (χ1n) is 5.55. The smallest absolute Gasteiger partial charge is 0.137 e. The molecule has 0 aliphatic carbocycles. The summed E-state index contributed by atoms with van der Waals surface area (Å²) in [6.07, 6.45) is 3.52. The third-order valence-corrected chi connectivity index (χ3v) is 2.72. The second kappa shape index (κ2) is 4.97. The minimum absolute atomic E-state index is 0.0625. The van der Waals surface area contributed by atoms with Gasteiger partial charge in [0.05, 0.1) is 13.3 Å². The Balaban J connectivity index is 2.32. The summed E-state index contributed by atoms with van der Waals surface area (Å²) in [5, 5.41) is 0. The van der Waals surface area contributed by atoms with Crippen LogP contribution < -0.4 is 10.5 Å². The summed E-state index contributed by atoms with van der Waals surface area (Å²) in [5.74, 6) is 0.763. The zero-order valence-electron chi connectivity index (χ0n) is 10.1. The van der Waals surface area contributed by atoms with Crippen LogP contribution in [0.2, 0.25) is 0 Å². The first-order chi connectivity index (χ1) is 8.20. The maximum Gasteiger partial charge on any atom is 0.137 e. The maximum atomic E-state index is 5.82. The first-order valence-corrected chi connectivity index (χ1v) is 5.55. The quantitative estimate of drug-likeness (QED) is 0.878. The number of nitrogens with zero attached hydrogens (tertiary/aromatic N) is 1. The summed E-state index contributed by atoms with van der Waals surface area (Å²) < 4.78 is 5.16. The van der Waals surface area contributed by atoms with Crippen LogP contribution in [-0.4, -0.2) is 12.1 Å². The third-order valence-electron chi connectivity index (χ3n) is 2.72. The van der Waals surface area contributed by atoms with E-state index in [9.17, 15) is 0 Å². The van der Waals surface area contributed by atoms with Crippen LogP contribution >= 0.6 is 0 Å². The molecule has 0 spiro atoms. The second-order valence-corrected chi connectivity index (χ2v) is 4.02. The van der Waals surface area contributed by atoms with Crippen LogP contribution in [-0.2, 0) is 0 Å². The van der Waals surface area contributed by atoms with E-state index >= 15 is 0 Å². The van der Waals surface area contributed by atoms with Crippen molar-refractivity contribution < 1.29 is 4.74 Å². The Morgan fingerprint density at radius 2 is 1.82 bits per heavy atom. The van der Waals surface area contributed by atoms with Crippen molar-refractivity contribution in [3.8, 4) is 16.9 Å². The zero-order chi connectivity index (χ0) is 12.3. The molecule has 0 radical (unpaired) electrons. The van der Waals surface area contributed by atoms with Crippen LogP contribution in [0.25, 0.3) is 11.1 Å². The number of pyridine rings is 1. The minimum Gasteiger partial charge on any atom is -0.495 e. The molecule has 17 heavy (non-hydrogen) atoms. The van der Waals surface area contributed by atoms with Crippen molar-refractivity contribution in [2.24, 2.45) is 5.73 Å². The van der Waals surface area contributed by atoms with Crippen LogP contribution in [0.1, 0.15) is 18.5 Å². The Morgan fingerprint density at radius 3 is 2.41 bits per heavy atom. The summed E-state index contributed by atoms with van der Waals surface area (Å²) in [6, 6.07) is 10.2. The Hall–Kier alpha value is -1.87. The van der Waals surface area contributed by atoms with Gasteiger partial charge in [0.1, 0.15) is 5.75 Å². The van der Waals surface area contributed by atoms with Crippen molar-refractivity contribution in [2.45, 2.75) is 13.0 Å². The largest absolute Gasteiger partial charge is 0.495 e. The van der Waals surface area contributed by atoms with E-state index in [-0.39, 0.29) is 6.04 Å². The number of nitrogens with two attached hydrogens (primary N) is 1. The van der Waals surface area contributed by atoms with Gasteiger partial charge in [-0.3, -0.25) is 4.98 Å². The molecule has 0 bridgehead atoms. The Morgan fingerprint density at radius 1 is 1.12 bits per heavy atom. The third kappa shape index (κ3) is 2.63. The topological polar surface area (TPSA) is 48.1 Å². The molecular formula is C14H16N2O. The van der Waals surface area contributed by atoms with E-state index in [4.69, 9.17) is 10.5 Å². The molecule has 1 aromatic heterocycles. The lowest BCUT2D eigenvalue weighted by Crippen LogP contribution is -2.04. The summed E-state index contributed by atoms with van der Waals surface area (Å²) in [5.41, 5.74) is 9.10. The molecule has 3 nitrogen and oxygen atoms in total. The zero-order valence-corrected chi connectivity index (χ0v) is 10.1. The highest BCUT2D eigenvalue weighted by atomic mass is 16.5. The van der Waals surface area contributed by atoms with Gasteiger partial charge in [-0.1, -0.05) is 24.3 Å². The molecule has 0 saturated heterocycles. The molecule has 2 rings (SSSR count). The summed E-state index contributed by atoms with van der Waals surface area (Å²) in [7, 11) is 1.64. The highest BCUT2D eigenvalue weighted by Crippen LogP contribution is 2.23. The van der Waals surface area contributed by atoms with Crippen LogP contribution in [0.4, 0.5) is 0 Å². The van der Waals surface area contributed by atoms with Gasteiger partial charge < -0.3 is 10.5 Å². The fourth-order valence-electron chi connectivity index (χ4n) is 1.67. The van der Waals surface area contributed by atoms with Gasteiger partial charge in [0.15, 0.2) is 0 Å². The van der Waals surface area contributed by atoms with E-state index in [2.05, 4.69) is 17.1 Å². The molecule has 1 atom stereocenters. The predicted molar refractivity (Wildman–Crippen MR) is 68.8 cm³/mol. The van der Waals surface area contributed by atoms with Crippen molar-refractivity contribution in [2.75, 3.05) is 7.11 Å². The van der Waals surface area contributed by atoms with E-state index in [0.717, 1.165) is 22.4 Å². The van der Waals surface area contributed by atoms with Gasteiger partial charge in [0.2, 0.25) is 0 Å². The maximum absolute atomic E-state index is 5.82. The number of aromatic nitrogens is 1. The van der Waals surface area contributed by atoms with Crippen molar-refractivity contribution in [1.82, 2.24) is 4.98 Å². The lowest BCUT2D eigenvalue weighted by molar-refractivity contribution is 0.413. The van der Waals surface area contributed by atoms with Crippen molar-refractivity contribution >= 4 is 0 Å². The summed E-state index contributed by atoms with van der Waals surface area (Å²) >= 11 is 0. The normalized spacial score (nSPS) is 12.2. The molecular weight excluding hydrogens is 212 g/mol. The van der Waals surface area contributed by atoms with Crippen molar-refractivity contribution in [3.63, 3.8) is 0 Å². The molecule has 0 fully saturated rings. The molecule has 0 amide bonds. The van der Waals surface area contributed by atoms with Gasteiger partial charge in [-0.25, -0.2) is 0 Å². The van der Waals surface area contributed by atoms with Gasteiger partial charge in [-0.05, 0) is 24.1 Å². The van der Waals surface area contributed by atoms with E-state index < -0.39 is 0 Å². The average molecular weight is 228 g/mol. The predicted octanol–water partition coefficient (Wildman–Crippen LogP) is 2.78. The van der Waals surface area contributed by atoms with E-state index in [1.165, 1.54) is 0 Å². The van der Waals surface area contributed by atoms with Gasteiger partial charge in [-0.15, -0.1) is 0 Å². The number of hydrogen-bond donors (Lipinski definition) is 1. The highest BCUT2D eigenvalue weighted by molar-refractivity contribution is 5.64. The number of benzene rings is 1. The molecule has 0 saturated carbocycles. The van der Waals surface area contributed by atoms with Gasteiger partial charge >= 0.3 is 0 Å². The lowest BCUT2D eigenvalue weighted by Gasteiger charge is -2.07. The van der Waals surface area contributed by atoms with E-state index in [0.29, 0.717) is 0 Å². The Kier molecular flexibility index (Phi) is 3.40. The highest BCUT2D eigenvalue weighted by Gasteiger charge is 2.02. The molecule has 88 valence electrons. The Labute approximate surface area is 101 Å². The molecule has 2 aromatic rings. The number of ether oxygens (including phenoxy) is 1. The summed E-state index contributed by atoms with van der Waals surface area (Å²) in [6.45, 7) is 1.97. The molecule has 2 N–H and O–H groups in total. The van der Waals surface area contributed by atoms with Gasteiger partial charge in [-0.2, -0.15) is 0 Å². The molecule has 0 aliphatic rings. The van der Waals surface area contributed by atoms with E-state index in [1.807, 2.05) is 31.3 Å². The van der Waals surface area contributed by atoms with E-state index in [1.54, 1.807) is 13.3 Å². The average Bonchev–Trinajstić information content (AvgIpc) is 2.39. The van der Waals surface area contributed by atoms with Crippen LogP contribution in [0.3, 0.4) is 0 Å². The molecule has 1 unspecified atom stereocenters. The molecule has 0 aliphatic heterocycles. The Bertz CT molecular complexity index is 492. The SMILES string of the molecule is COc1cncc(-c2ccc(C(C)N)cc2)c1. The van der Waals surface area contributed by atoms with Crippen molar-refractivity contribution in [1.29, 1.82) is 0 Å². The second-order valence-electron chi connectivity index (χ2n) is 4.02. The standard InChI is InChI=1S/C14H16N2O/c1-10(15)11-3-5-12(6-4-11)13-7-14(17-2)9-16-8-13/h3-10H,15H2,1-2H3. The molecule has 1 heterocycles. The first kappa shape index (κ1) is 11.6. The van der Waals surface area contributed by atoms with Crippen LogP contribution in [0.15, 0.2) is 42.7 Å². The molecule has 3 heteroatoms. The summed E-state index contributed by atoms with van der Waals surface area (Å²) in [4.78, 5) is 4.14. The van der Waals surface area contributed by atoms with Crippen LogP contribution in [0.5, 0.6) is 5.75 Å². The van der Waals surface area contributed by atoms with Gasteiger partial charge in [0.25, 0.3) is 0 Å². The lowest BCUT2D eigenvalue weighted by atomic mass is 10.0. The monoisotopic (exact) mass is 228 g/mol. The number of hydrogen-bond acceptors (Lipinski definition) is 3. The van der Waals surface area contributed by atoms with Crippen molar-refractivity contribution in [3.05, 3.63) is 48.3 Å². The van der Waals surface area contributed by atoms with Crippen LogP contribution in [0, 0.1) is 0 Å². The fourth-order valence-corrected chi connectivity index (χ4v) is 1.67. The molecule has 1 aromatic carbocycles. The van der Waals surface area contributed by atoms with Gasteiger partial charge in [0, 0.05) is 17.8 Å².